The summed E-state index contributed by atoms with van der Waals surface area (Å²) < 4.78 is 5.45. The predicted molar refractivity (Wildman–Crippen MR) is 81.9 cm³/mol. The molecule has 2 atom stereocenters. The van der Waals surface area contributed by atoms with Gasteiger partial charge in [-0.15, -0.1) is 0 Å². The molecule has 0 bridgehead atoms. The summed E-state index contributed by atoms with van der Waals surface area (Å²) in [6.45, 7) is 6.37. The summed E-state index contributed by atoms with van der Waals surface area (Å²) in [4.78, 5) is 4.39. The van der Waals surface area contributed by atoms with Gasteiger partial charge in [0.1, 0.15) is 5.75 Å². The van der Waals surface area contributed by atoms with E-state index in [4.69, 9.17) is 4.74 Å². The summed E-state index contributed by atoms with van der Waals surface area (Å²) in [5.41, 5.74) is 3.46. The fourth-order valence-corrected chi connectivity index (χ4v) is 2.37. The van der Waals surface area contributed by atoms with Crippen LogP contribution in [0.3, 0.4) is 0 Å². The second-order valence-corrected chi connectivity index (χ2v) is 5.11. The average Bonchev–Trinajstić information content (AvgIpc) is 2.48. The smallest absolute Gasteiger partial charge is 0.123 e. The van der Waals surface area contributed by atoms with E-state index in [2.05, 4.69) is 43.2 Å². The van der Waals surface area contributed by atoms with Crippen molar-refractivity contribution in [3.63, 3.8) is 0 Å². The molecular weight excluding hydrogens is 248 g/mol. The number of aryl methyl sites for hydroxylation is 1. The van der Waals surface area contributed by atoms with Gasteiger partial charge in [0.05, 0.1) is 12.8 Å². The SMILES string of the molecule is COc1ccc(C)cc1C(C)NC(C)c1ccccn1. The zero-order chi connectivity index (χ0) is 14.5. The molecule has 20 heavy (non-hydrogen) atoms. The Morgan fingerprint density at radius 2 is 1.90 bits per heavy atom. The van der Waals surface area contributed by atoms with Crippen molar-refractivity contribution in [1.82, 2.24) is 10.3 Å². The lowest BCUT2D eigenvalue weighted by Crippen LogP contribution is -2.23. The van der Waals surface area contributed by atoms with Gasteiger partial charge in [0.15, 0.2) is 0 Å². The topological polar surface area (TPSA) is 34.1 Å². The molecule has 2 aromatic rings. The highest BCUT2D eigenvalue weighted by Crippen LogP contribution is 2.27. The van der Waals surface area contributed by atoms with Crippen LogP contribution in [-0.2, 0) is 0 Å². The van der Waals surface area contributed by atoms with Gasteiger partial charge in [-0.05, 0) is 39.0 Å². The van der Waals surface area contributed by atoms with Gasteiger partial charge in [-0.3, -0.25) is 4.98 Å². The summed E-state index contributed by atoms with van der Waals surface area (Å²) >= 11 is 0. The Labute approximate surface area is 121 Å². The molecule has 0 aliphatic rings. The van der Waals surface area contributed by atoms with Gasteiger partial charge in [-0.2, -0.15) is 0 Å². The van der Waals surface area contributed by atoms with E-state index in [1.807, 2.05) is 30.5 Å². The average molecular weight is 270 g/mol. The van der Waals surface area contributed by atoms with Crippen LogP contribution in [0.4, 0.5) is 0 Å². The summed E-state index contributed by atoms with van der Waals surface area (Å²) in [7, 11) is 1.71. The molecule has 1 heterocycles. The summed E-state index contributed by atoms with van der Waals surface area (Å²) in [5.74, 6) is 0.920. The molecule has 3 heteroatoms. The van der Waals surface area contributed by atoms with Gasteiger partial charge in [0.2, 0.25) is 0 Å². The number of nitrogens with zero attached hydrogens (tertiary/aromatic N) is 1. The van der Waals surface area contributed by atoms with E-state index in [-0.39, 0.29) is 12.1 Å². The van der Waals surface area contributed by atoms with Crippen molar-refractivity contribution < 1.29 is 4.74 Å². The lowest BCUT2D eigenvalue weighted by atomic mass is 10.0. The van der Waals surface area contributed by atoms with Crippen LogP contribution < -0.4 is 10.1 Å². The predicted octanol–water partition coefficient (Wildman–Crippen LogP) is 3.81. The maximum Gasteiger partial charge on any atom is 0.123 e. The van der Waals surface area contributed by atoms with Gasteiger partial charge in [0, 0.05) is 23.8 Å². The van der Waals surface area contributed by atoms with Crippen LogP contribution in [0.2, 0.25) is 0 Å². The highest BCUT2D eigenvalue weighted by atomic mass is 16.5. The maximum absolute atomic E-state index is 5.45. The molecular formula is C17H22N2O. The first-order chi connectivity index (χ1) is 9.61. The van der Waals surface area contributed by atoms with Crippen LogP contribution in [0.5, 0.6) is 5.75 Å². The molecule has 0 aliphatic carbocycles. The van der Waals surface area contributed by atoms with Crippen LogP contribution in [0, 0.1) is 6.92 Å². The highest BCUT2D eigenvalue weighted by Gasteiger charge is 2.15. The largest absolute Gasteiger partial charge is 0.496 e. The van der Waals surface area contributed by atoms with Gasteiger partial charge in [-0.1, -0.05) is 23.8 Å². The number of methoxy groups -OCH3 is 1. The summed E-state index contributed by atoms with van der Waals surface area (Å²) in [6.07, 6.45) is 1.82. The third-order valence-corrected chi connectivity index (χ3v) is 3.48. The first-order valence-electron chi connectivity index (χ1n) is 6.93. The van der Waals surface area contributed by atoms with Crippen molar-refractivity contribution in [3.05, 3.63) is 59.4 Å². The normalized spacial score (nSPS) is 13.8. The van der Waals surface area contributed by atoms with E-state index >= 15 is 0 Å². The number of hydrogen-bond acceptors (Lipinski definition) is 3. The molecule has 0 amide bonds. The minimum atomic E-state index is 0.191. The number of nitrogens with one attached hydrogen (secondary N) is 1. The molecule has 3 nitrogen and oxygen atoms in total. The van der Waals surface area contributed by atoms with Crippen molar-refractivity contribution in [3.8, 4) is 5.75 Å². The lowest BCUT2D eigenvalue weighted by Gasteiger charge is -2.22. The second kappa shape index (κ2) is 6.53. The van der Waals surface area contributed by atoms with Crippen LogP contribution in [0.1, 0.15) is 42.8 Å². The molecule has 0 spiro atoms. The van der Waals surface area contributed by atoms with Crippen molar-refractivity contribution in [2.45, 2.75) is 32.9 Å². The van der Waals surface area contributed by atoms with Gasteiger partial charge in [0.25, 0.3) is 0 Å². The Bertz CT molecular complexity index is 554. The highest BCUT2D eigenvalue weighted by molar-refractivity contribution is 5.39. The van der Waals surface area contributed by atoms with Gasteiger partial charge >= 0.3 is 0 Å². The number of benzene rings is 1. The Balaban J connectivity index is 2.16. The molecule has 0 saturated carbocycles. The minimum Gasteiger partial charge on any atom is -0.496 e. The molecule has 0 radical (unpaired) electrons. The monoisotopic (exact) mass is 270 g/mol. The van der Waals surface area contributed by atoms with Gasteiger partial charge < -0.3 is 10.1 Å². The quantitative estimate of drug-likeness (QED) is 0.897. The molecule has 1 N–H and O–H groups in total. The molecule has 1 aromatic heterocycles. The first-order valence-corrected chi connectivity index (χ1v) is 6.93. The molecule has 2 rings (SSSR count). The minimum absolute atomic E-state index is 0.191. The van der Waals surface area contributed by atoms with Crippen molar-refractivity contribution in [2.24, 2.45) is 0 Å². The lowest BCUT2D eigenvalue weighted by molar-refractivity contribution is 0.395. The molecule has 106 valence electrons. The molecule has 1 aromatic carbocycles. The van der Waals surface area contributed by atoms with Gasteiger partial charge in [-0.25, -0.2) is 0 Å². The van der Waals surface area contributed by atoms with Crippen LogP contribution in [0.15, 0.2) is 42.6 Å². The molecule has 2 unspecified atom stereocenters. The number of aromatic nitrogens is 1. The van der Waals surface area contributed by atoms with E-state index in [0.717, 1.165) is 11.4 Å². The Kier molecular flexibility index (Phi) is 4.74. The number of hydrogen-bond donors (Lipinski definition) is 1. The molecule has 0 fully saturated rings. The fourth-order valence-electron chi connectivity index (χ4n) is 2.37. The Hall–Kier alpha value is -1.87. The fraction of sp³-hybridized carbons (Fsp3) is 0.353. The van der Waals surface area contributed by atoms with Crippen molar-refractivity contribution in [2.75, 3.05) is 7.11 Å². The number of rotatable bonds is 5. The van der Waals surface area contributed by atoms with E-state index in [0.29, 0.717) is 0 Å². The van der Waals surface area contributed by atoms with E-state index < -0.39 is 0 Å². The van der Waals surface area contributed by atoms with E-state index in [9.17, 15) is 0 Å². The zero-order valence-corrected chi connectivity index (χ0v) is 12.6. The standard InChI is InChI=1S/C17H22N2O/c1-12-8-9-17(20-4)15(11-12)13(2)19-14(3)16-7-5-6-10-18-16/h5-11,13-14,19H,1-4H3. The number of ether oxygens (including phenoxy) is 1. The van der Waals surface area contributed by atoms with E-state index in [1.54, 1.807) is 7.11 Å². The van der Waals surface area contributed by atoms with Crippen LogP contribution >= 0.6 is 0 Å². The summed E-state index contributed by atoms with van der Waals surface area (Å²) in [5, 5.41) is 3.57. The zero-order valence-electron chi connectivity index (χ0n) is 12.6. The third-order valence-electron chi connectivity index (χ3n) is 3.48. The van der Waals surface area contributed by atoms with Crippen molar-refractivity contribution in [1.29, 1.82) is 0 Å². The molecule has 0 aliphatic heterocycles. The second-order valence-electron chi connectivity index (χ2n) is 5.11. The third kappa shape index (κ3) is 3.36. The van der Waals surface area contributed by atoms with Crippen LogP contribution in [-0.4, -0.2) is 12.1 Å². The molecule has 0 saturated heterocycles. The maximum atomic E-state index is 5.45. The number of pyridine rings is 1. The Morgan fingerprint density at radius 3 is 2.55 bits per heavy atom. The van der Waals surface area contributed by atoms with Crippen LogP contribution in [0.25, 0.3) is 0 Å². The summed E-state index contributed by atoms with van der Waals surface area (Å²) in [6, 6.07) is 12.6. The van der Waals surface area contributed by atoms with Crippen molar-refractivity contribution >= 4 is 0 Å². The Morgan fingerprint density at radius 1 is 1.10 bits per heavy atom. The first kappa shape index (κ1) is 14.5. The van der Waals surface area contributed by atoms with E-state index in [1.165, 1.54) is 11.1 Å².